The Morgan fingerprint density at radius 3 is 2.62 bits per heavy atom. The van der Waals surface area contributed by atoms with Crippen molar-refractivity contribution >= 4 is 0 Å². The van der Waals surface area contributed by atoms with Gasteiger partial charge in [-0.25, -0.2) is 0 Å². The second-order valence-corrected chi connectivity index (χ2v) is 3.93. The van der Waals surface area contributed by atoms with Crippen LogP contribution in [0.1, 0.15) is 25.8 Å². The number of nitrogens with two attached hydrogens (primary N) is 1. The van der Waals surface area contributed by atoms with Gasteiger partial charge >= 0.3 is 0 Å². The SMILES string of the molecule is CC(C)OCCCOc1ccccc1CN. The van der Waals surface area contributed by atoms with Gasteiger partial charge in [-0.1, -0.05) is 18.2 Å². The Labute approximate surface area is 97.6 Å². The average Bonchev–Trinajstić information content (AvgIpc) is 2.29. The fourth-order valence-corrected chi connectivity index (χ4v) is 1.37. The van der Waals surface area contributed by atoms with Crippen LogP contribution in [-0.4, -0.2) is 19.3 Å². The predicted octanol–water partition coefficient (Wildman–Crippen LogP) is 2.34. The van der Waals surface area contributed by atoms with Gasteiger partial charge in [0.25, 0.3) is 0 Å². The Bertz CT molecular complexity index is 300. The van der Waals surface area contributed by atoms with Crippen molar-refractivity contribution in [1.82, 2.24) is 0 Å². The van der Waals surface area contributed by atoms with Gasteiger partial charge in [-0.05, 0) is 19.9 Å². The van der Waals surface area contributed by atoms with Crippen molar-refractivity contribution in [3.05, 3.63) is 29.8 Å². The van der Waals surface area contributed by atoms with Crippen molar-refractivity contribution < 1.29 is 9.47 Å². The minimum atomic E-state index is 0.288. The number of hydrogen-bond donors (Lipinski definition) is 1. The van der Waals surface area contributed by atoms with Gasteiger partial charge in [0.2, 0.25) is 0 Å². The third kappa shape index (κ3) is 4.64. The molecule has 0 fully saturated rings. The molecule has 3 heteroatoms. The maximum atomic E-state index is 5.65. The molecular formula is C13H21NO2. The lowest BCUT2D eigenvalue weighted by Gasteiger charge is -2.11. The van der Waals surface area contributed by atoms with Crippen LogP contribution in [0.25, 0.3) is 0 Å². The summed E-state index contributed by atoms with van der Waals surface area (Å²) < 4.78 is 11.1. The van der Waals surface area contributed by atoms with Gasteiger partial charge in [0.05, 0.1) is 19.3 Å². The maximum absolute atomic E-state index is 5.65. The molecule has 0 aliphatic heterocycles. The molecule has 90 valence electrons. The summed E-state index contributed by atoms with van der Waals surface area (Å²) in [6, 6.07) is 7.86. The Hall–Kier alpha value is -1.06. The van der Waals surface area contributed by atoms with E-state index in [4.69, 9.17) is 15.2 Å². The zero-order chi connectivity index (χ0) is 11.8. The van der Waals surface area contributed by atoms with E-state index in [1.54, 1.807) is 0 Å². The Kier molecular flexibility index (Phi) is 5.90. The molecule has 0 saturated carbocycles. The summed E-state index contributed by atoms with van der Waals surface area (Å²) in [5.74, 6) is 0.884. The zero-order valence-electron chi connectivity index (χ0n) is 10.1. The van der Waals surface area contributed by atoms with Crippen molar-refractivity contribution in [2.45, 2.75) is 32.9 Å². The number of hydrogen-bond acceptors (Lipinski definition) is 3. The van der Waals surface area contributed by atoms with Crippen LogP contribution in [0.4, 0.5) is 0 Å². The molecule has 0 aliphatic carbocycles. The molecular weight excluding hydrogens is 202 g/mol. The van der Waals surface area contributed by atoms with Crippen molar-refractivity contribution in [2.75, 3.05) is 13.2 Å². The summed E-state index contributed by atoms with van der Waals surface area (Å²) in [4.78, 5) is 0. The summed E-state index contributed by atoms with van der Waals surface area (Å²) in [6.07, 6.45) is 1.19. The predicted molar refractivity (Wildman–Crippen MR) is 65.5 cm³/mol. The zero-order valence-corrected chi connectivity index (χ0v) is 10.1. The molecule has 0 atom stereocenters. The molecule has 0 bridgehead atoms. The molecule has 0 aromatic heterocycles. The second kappa shape index (κ2) is 7.25. The standard InChI is InChI=1S/C13H21NO2/c1-11(2)15-8-5-9-16-13-7-4-3-6-12(13)10-14/h3-4,6-7,11H,5,8-10,14H2,1-2H3. The normalized spacial score (nSPS) is 10.8. The summed E-state index contributed by atoms with van der Waals surface area (Å²) in [6.45, 7) is 5.99. The topological polar surface area (TPSA) is 44.5 Å². The van der Waals surface area contributed by atoms with Crippen molar-refractivity contribution in [3.63, 3.8) is 0 Å². The van der Waals surface area contributed by atoms with Gasteiger partial charge in [-0.15, -0.1) is 0 Å². The molecule has 0 saturated heterocycles. The van der Waals surface area contributed by atoms with Gasteiger partial charge < -0.3 is 15.2 Å². The molecule has 1 aromatic carbocycles. The second-order valence-electron chi connectivity index (χ2n) is 3.93. The molecule has 1 rings (SSSR count). The Morgan fingerprint density at radius 2 is 1.94 bits per heavy atom. The van der Waals surface area contributed by atoms with Crippen LogP contribution in [0.2, 0.25) is 0 Å². The molecule has 0 spiro atoms. The molecule has 16 heavy (non-hydrogen) atoms. The minimum Gasteiger partial charge on any atom is -0.493 e. The smallest absolute Gasteiger partial charge is 0.123 e. The van der Waals surface area contributed by atoms with Crippen LogP contribution in [0.5, 0.6) is 5.75 Å². The highest BCUT2D eigenvalue weighted by Crippen LogP contribution is 2.17. The first-order valence-corrected chi connectivity index (χ1v) is 5.76. The molecule has 2 N–H and O–H groups in total. The van der Waals surface area contributed by atoms with Gasteiger partial charge in [-0.2, -0.15) is 0 Å². The minimum absolute atomic E-state index is 0.288. The quantitative estimate of drug-likeness (QED) is 0.722. The molecule has 0 amide bonds. The van der Waals surface area contributed by atoms with E-state index >= 15 is 0 Å². The van der Waals surface area contributed by atoms with E-state index in [1.165, 1.54) is 0 Å². The highest BCUT2D eigenvalue weighted by molar-refractivity contribution is 5.32. The van der Waals surface area contributed by atoms with E-state index in [0.29, 0.717) is 13.2 Å². The van der Waals surface area contributed by atoms with Crippen LogP contribution in [0, 0.1) is 0 Å². The first-order chi connectivity index (χ1) is 7.74. The summed E-state index contributed by atoms with van der Waals surface area (Å²) >= 11 is 0. The van der Waals surface area contributed by atoms with E-state index in [-0.39, 0.29) is 6.10 Å². The van der Waals surface area contributed by atoms with E-state index in [2.05, 4.69) is 0 Å². The number of rotatable bonds is 7. The van der Waals surface area contributed by atoms with Gasteiger partial charge in [0, 0.05) is 18.5 Å². The van der Waals surface area contributed by atoms with E-state index in [9.17, 15) is 0 Å². The van der Waals surface area contributed by atoms with Crippen molar-refractivity contribution in [2.24, 2.45) is 5.73 Å². The monoisotopic (exact) mass is 223 g/mol. The van der Waals surface area contributed by atoms with E-state index < -0.39 is 0 Å². The molecule has 0 unspecified atom stereocenters. The van der Waals surface area contributed by atoms with E-state index in [1.807, 2.05) is 38.1 Å². The van der Waals surface area contributed by atoms with Gasteiger partial charge in [0.15, 0.2) is 0 Å². The van der Waals surface area contributed by atoms with Crippen LogP contribution in [0.3, 0.4) is 0 Å². The van der Waals surface area contributed by atoms with Crippen LogP contribution in [0.15, 0.2) is 24.3 Å². The van der Waals surface area contributed by atoms with Crippen LogP contribution in [-0.2, 0) is 11.3 Å². The lowest BCUT2D eigenvalue weighted by atomic mass is 10.2. The van der Waals surface area contributed by atoms with Crippen molar-refractivity contribution in [1.29, 1.82) is 0 Å². The van der Waals surface area contributed by atoms with Crippen molar-refractivity contribution in [3.8, 4) is 5.75 Å². The fourth-order valence-electron chi connectivity index (χ4n) is 1.37. The maximum Gasteiger partial charge on any atom is 0.123 e. The van der Waals surface area contributed by atoms with Gasteiger partial charge in [-0.3, -0.25) is 0 Å². The fraction of sp³-hybridized carbons (Fsp3) is 0.538. The molecule has 0 heterocycles. The van der Waals surface area contributed by atoms with Crippen LogP contribution < -0.4 is 10.5 Å². The van der Waals surface area contributed by atoms with Gasteiger partial charge in [0.1, 0.15) is 5.75 Å². The highest BCUT2D eigenvalue weighted by Gasteiger charge is 2.00. The summed E-state index contributed by atoms with van der Waals surface area (Å²) in [5.41, 5.74) is 6.66. The number of ether oxygens (including phenoxy) is 2. The third-order valence-electron chi connectivity index (χ3n) is 2.19. The summed E-state index contributed by atoms with van der Waals surface area (Å²) in [5, 5.41) is 0. The molecule has 3 nitrogen and oxygen atoms in total. The molecule has 0 radical (unpaired) electrons. The summed E-state index contributed by atoms with van der Waals surface area (Å²) in [7, 11) is 0. The first kappa shape index (κ1) is 13.0. The Balaban J connectivity index is 2.26. The highest BCUT2D eigenvalue weighted by atomic mass is 16.5. The Morgan fingerprint density at radius 1 is 1.19 bits per heavy atom. The lowest BCUT2D eigenvalue weighted by molar-refractivity contribution is 0.0693. The lowest BCUT2D eigenvalue weighted by Crippen LogP contribution is -2.09. The van der Waals surface area contributed by atoms with Crippen LogP contribution >= 0.6 is 0 Å². The number of para-hydroxylation sites is 1. The molecule has 0 aliphatic rings. The largest absolute Gasteiger partial charge is 0.493 e. The first-order valence-electron chi connectivity index (χ1n) is 5.76. The number of benzene rings is 1. The average molecular weight is 223 g/mol. The third-order valence-corrected chi connectivity index (χ3v) is 2.19. The molecule has 1 aromatic rings. The van der Waals surface area contributed by atoms with E-state index in [0.717, 1.165) is 24.3 Å².